The van der Waals surface area contributed by atoms with Crippen molar-refractivity contribution in [3.05, 3.63) is 54.1 Å². The molecule has 0 saturated heterocycles. The summed E-state index contributed by atoms with van der Waals surface area (Å²) in [7, 11) is -0.551. The molecule has 0 spiro atoms. The van der Waals surface area contributed by atoms with Gasteiger partial charge in [0.05, 0.1) is 26.2 Å². The van der Waals surface area contributed by atoms with Crippen LogP contribution in [0.25, 0.3) is 0 Å². The van der Waals surface area contributed by atoms with E-state index in [4.69, 9.17) is 9.47 Å². The summed E-state index contributed by atoms with van der Waals surface area (Å²) >= 11 is 0. The zero-order valence-corrected chi connectivity index (χ0v) is 16.6. The van der Waals surface area contributed by atoms with Crippen LogP contribution in [0.1, 0.15) is 12.5 Å². The summed E-state index contributed by atoms with van der Waals surface area (Å²) < 4.78 is 35.8. The van der Waals surface area contributed by atoms with Crippen LogP contribution in [0.2, 0.25) is 0 Å². The van der Waals surface area contributed by atoms with Crippen LogP contribution in [0, 0.1) is 0 Å². The first kappa shape index (κ1) is 20.6. The Morgan fingerprint density at radius 3 is 1.93 bits per heavy atom. The number of rotatable bonds is 8. The summed E-state index contributed by atoms with van der Waals surface area (Å²) in [5, 5.41) is 2.77. The van der Waals surface area contributed by atoms with Gasteiger partial charge in [-0.25, -0.2) is 8.42 Å². The molecule has 0 unspecified atom stereocenters. The van der Waals surface area contributed by atoms with Gasteiger partial charge in [0.1, 0.15) is 17.5 Å². The fourth-order valence-electron chi connectivity index (χ4n) is 2.62. The molecule has 1 atom stereocenters. The van der Waals surface area contributed by atoms with Gasteiger partial charge in [0, 0.05) is 6.54 Å². The zero-order chi connectivity index (χ0) is 20.0. The Labute approximate surface area is 160 Å². The van der Waals surface area contributed by atoms with E-state index in [-0.39, 0.29) is 6.54 Å². The minimum absolute atomic E-state index is 0.285. The van der Waals surface area contributed by atoms with E-state index in [1.54, 1.807) is 50.4 Å². The van der Waals surface area contributed by atoms with E-state index in [9.17, 15) is 13.2 Å². The summed E-state index contributed by atoms with van der Waals surface area (Å²) in [6.45, 7) is 1.84. The van der Waals surface area contributed by atoms with Crippen LogP contribution in [-0.4, -0.2) is 40.8 Å². The van der Waals surface area contributed by atoms with E-state index >= 15 is 0 Å². The van der Waals surface area contributed by atoms with Gasteiger partial charge in [-0.05, 0) is 48.9 Å². The molecule has 0 fully saturated rings. The second-order valence-corrected chi connectivity index (χ2v) is 7.86. The molecule has 0 bridgehead atoms. The van der Waals surface area contributed by atoms with E-state index in [0.717, 1.165) is 21.9 Å². The average molecular weight is 392 g/mol. The molecule has 0 aliphatic rings. The summed E-state index contributed by atoms with van der Waals surface area (Å²) in [5.41, 5.74) is 1.28. The molecule has 7 nitrogen and oxygen atoms in total. The topological polar surface area (TPSA) is 84.9 Å². The predicted molar refractivity (Wildman–Crippen MR) is 105 cm³/mol. The minimum atomic E-state index is -3.66. The van der Waals surface area contributed by atoms with Crippen molar-refractivity contribution >= 4 is 21.6 Å². The molecule has 1 N–H and O–H groups in total. The highest BCUT2D eigenvalue weighted by atomic mass is 32.2. The molecule has 146 valence electrons. The van der Waals surface area contributed by atoms with Gasteiger partial charge in [-0.2, -0.15) is 0 Å². The summed E-state index contributed by atoms with van der Waals surface area (Å²) in [4.78, 5) is 12.6. The number of carbonyl (C=O) groups is 1. The second-order valence-electron chi connectivity index (χ2n) is 6.00. The molecule has 2 aromatic carbocycles. The third-order valence-corrected chi connectivity index (χ3v) is 5.28. The standard InChI is InChI=1S/C19H24N2O5S/c1-14(19(22)20-13-15-5-9-17(25-2)10-6-15)21(27(4,23)24)16-7-11-18(26-3)12-8-16/h5-12,14H,13H2,1-4H3,(H,20,22)/t14-/m0/s1. The van der Waals surface area contributed by atoms with Crippen molar-refractivity contribution in [2.75, 3.05) is 24.8 Å². The highest BCUT2D eigenvalue weighted by Gasteiger charge is 2.28. The fourth-order valence-corrected chi connectivity index (χ4v) is 3.79. The Balaban J connectivity index is 2.13. The molecule has 0 radical (unpaired) electrons. The Kier molecular flexibility index (Phi) is 6.68. The van der Waals surface area contributed by atoms with Crippen molar-refractivity contribution in [1.29, 1.82) is 0 Å². The monoisotopic (exact) mass is 392 g/mol. The maximum atomic E-state index is 12.6. The summed E-state index contributed by atoms with van der Waals surface area (Å²) in [5.74, 6) is 0.928. The van der Waals surface area contributed by atoms with Crippen LogP contribution in [-0.2, 0) is 21.4 Å². The van der Waals surface area contributed by atoms with Gasteiger partial charge < -0.3 is 14.8 Å². The quantitative estimate of drug-likeness (QED) is 0.744. The number of ether oxygens (including phenoxy) is 2. The SMILES string of the molecule is COc1ccc(CNC(=O)[C@H](C)N(c2ccc(OC)cc2)S(C)(=O)=O)cc1. The molecule has 0 aromatic heterocycles. The van der Waals surface area contributed by atoms with Crippen molar-refractivity contribution in [2.45, 2.75) is 19.5 Å². The van der Waals surface area contributed by atoms with Crippen LogP contribution >= 0.6 is 0 Å². The molecule has 0 heterocycles. The third kappa shape index (κ3) is 5.37. The number of hydrogen-bond donors (Lipinski definition) is 1. The van der Waals surface area contributed by atoms with Crippen LogP contribution in [0.15, 0.2) is 48.5 Å². The lowest BCUT2D eigenvalue weighted by atomic mass is 10.2. The lowest BCUT2D eigenvalue weighted by molar-refractivity contribution is -0.122. The smallest absolute Gasteiger partial charge is 0.243 e. The second kappa shape index (κ2) is 8.77. The predicted octanol–water partition coefficient (Wildman–Crippen LogP) is 2.17. The first-order valence-electron chi connectivity index (χ1n) is 8.30. The van der Waals surface area contributed by atoms with Crippen molar-refractivity contribution in [2.24, 2.45) is 0 Å². The van der Waals surface area contributed by atoms with Gasteiger partial charge in [-0.3, -0.25) is 9.10 Å². The van der Waals surface area contributed by atoms with Gasteiger partial charge in [0.2, 0.25) is 15.9 Å². The molecule has 0 saturated carbocycles. The van der Waals surface area contributed by atoms with Crippen LogP contribution in [0.5, 0.6) is 11.5 Å². The number of anilines is 1. The number of hydrogen-bond acceptors (Lipinski definition) is 5. The minimum Gasteiger partial charge on any atom is -0.497 e. The lowest BCUT2D eigenvalue weighted by Gasteiger charge is -2.28. The van der Waals surface area contributed by atoms with E-state index in [1.807, 2.05) is 12.1 Å². The Morgan fingerprint density at radius 1 is 1.00 bits per heavy atom. The molecule has 0 aliphatic heterocycles. The number of benzene rings is 2. The Bertz CT molecular complexity index is 864. The highest BCUT2D eigenvalue weighted by Crippen LogP contribution is 2.24. The average Bonchev–Trinajstić information content (AvgIpc) is 2.66. The van der Waals surface area contributed by atoms with Gasteiger partial charge in [0.25, 0.3) is 0 Å². The first-order valence-corrected chi connectivity index (χ1v) is 10.1. The molecule has 0 aliphatic carbocycles. The van der Waals surface area contributed by atoms with E-state index < -0.39 is 22.0 Å². The molecular weight excluding hydrogens is 368 g/mol. The van der Waals surface area contributed by atoms with Gasteiger partial charge in [-0.1, -0.05) is 12.1 Å². The summed E-state index contributed by atoms with van der Waals surface area (Å²) in [6.07, 6.45) is 1.07. The van der Waals surface area contributed by atoms with E-state index in [1.165, 1.54) is 7.11 Å². The first-order chi connectivity index (χ1) is 12.8. The Morgan fingerprint density at radius 2 is 1.48 bits per heavy atom. The number of amides is 1. The molecule has 27 heavy (non-hydrogen) atoms. The van der Waals surface area contributed by atoms with Crippen molar-refractivity contribution in [3.8, 4) is 11.5 Å². The van der Waals surface area contributed by atoms with Crippen molar-refractivity contribution in [1.82, 2.24) is 5.32 Å². The van der Waals surface area contributed by atoms with Crippen LogP contribution in [0.3, 0.4) is 0 Å². The maximum absolute atomic E-state index is 12.6. The third-order valence-electron chi connectivity index (χ3n) is 4.04. The molecule has 2 rings (SSSR count). The molecule has 2 aromatic rings. The normalized spacial score (nSPS) is 12.1. The molecular formula is C19H24N2O5S. The van der Waals surface area contributed by atoms with Crippen molar-refractivity contribution < 1.29 is 22.7 Å². The molecule has 1 amide bonds. The Hall–Kier alpha value is -2.74. The number of nitrogens with one attached hydrogen (secondary N) is 1. The lowest BCUT2D eigenvalue weighted by Crippen LogP contribution is -2.47. The highest BCUT2D eigenvalue weighted by molar-refractivity contribution is 7.92. The largest absolute Gasteiger partial charge is 0.497 e. The van der Waals surface area contributed by atoms with E-state index in [0.29, 0.717) is 11.4 Å². The van der Waals surface area contributed by atoms with Gasteiger partial charge >= 0.3 is 0 Å². The van der Waals surface area contributed by atoms with Crippen LogP contribution in [0.4, 0.5) is 5.69 Å². The fraction of sp³-hybridized carbons (Fsp3) is 0.316. The number of methoxy groups -OCH3 is 2. The zero-order valence-electron chi connectivity index (χ0n) is 15.8. The maximum Gasteiger partial charge on any atom is 0.243 e. The number of sulfonamides is 1. The van der Waals surface area contributed by atoms with Crippen LogP contribution < -0.4 is 19.1 Å². The van der Waals surface area contributed by atoms with Crippen molar-refractivity contribution in [3.63, 3.8) is 0 Å². The van der Waals surface area contributed by atoms with Gasteiger partial charge in [0.15, 0.2) is 0 Å². The number of carbonyl (C=O) groups excluding carboxylic acids is 1. The van der Waals surface area contributed by atoms with E-state index in [2.05, 4.69) is 5.32 Å². The number of nitrogens with zero attached hydrogens (tertiary/aromatic N) is 1. The summed E-state index contributed by atoms with van der Waals surface area (Å²) in [6, 6.07) is 12.9. The molecule has 8 heteroatoms. The van der Waals surface area contributed by atoms with Gasteiger partial charge in [-0.15, -0.1) is 0 Å².